The maximum absolute atomic E-state index is 10.9. The summed E-state index contributed by atoms with van der Waals surface area (Å²) in [4.78, 5) is 21.7. The Bertz CT molecular complexity index is 2030. The molecule has 33 heteroatoms. The van der Waals surface area contributed by atoms with Crippen LogP contribution < -0.4 is 0 Å². The lowest BCUT2D eigenvalue weighted by Crippen LogP contribution is -2.56. The van der Waals surface area contributed by atoms with Gasteiger partial charge in [0.1, 0.15) is 25.4 Å². The third-order valence-electron chi connectivity index (χ3n) is 15.4. The molecule has 0 aromatic rings. The fourth-order valence-corrected chi connectivity index (χ4v) is 56.2. The van der Waals surface area contributed by atoms with E-state index < -0.39 is 96.0 Å². The van der Waals surface area contributed by atoms with Crippen molar-refractivity contribution in [3.8, 4) is 0 Å². The summed E-state index contributed by atoms with van der Waals surface area (Å²) < 4.78 is 119. The highest BCUT2D eigenvalue weighted by molar-refractivity contribution is 6.90. The molecule has 0 N–H and O–H groups in total. The average molecular weight is 1540 g/mol. The van der Waals surface area contributed by atoms with Crippen molar-refractivity contribution < 1.29 is 105 Å². The van der Waals surface area contributed by atoms with E-state index in [9.17, 15) is 9.59 Å². The van der Waals surface area contributed by atoms with Gasteiger partial charge in [-0.25, -0.2) is 9.59 Å². The zero-order valence-corrected chi connectivity index (χ0v) is 73.8. The molecule has 23 nitrogen and oxygen atoms in total. The van der Waals surface area contributed by atoms with Crippen molar-refractivity contribution in [2.45, 2.75) is 268 Å². The van der Waals surface area contributed by atoms with Crippen molar-refractivity contribution in [1.82, 2.24) is 0 Å². The number of hydrogen-bond donors (Lipinski definition) is 0. The van der Waals surface area contributed by atoms with Crippen LogP contribution >= 0.6 is 0 Å². The molecule has 6 aliphatic heterocycles. The van der Waals surface area contributed by atoms with Crippen molar-refractivity contribution in [2.24, 2.45) is 0 Å². The largest absolute Gasteiger partial charge is 0.508 e. The molecule has 6 saturated heterocycles. The molecule has 0 spiro atoms. The summed E-state index contributed by atoms with van der Waals surface area (Å²) in [6, 6.07) is 7.55. The smallest absolute Gasteiger partial charge is 0.502 e. The van der Waals surface area contributed by atoms with E-state index in [1.807, 2.05) is 0 Å². The first-order chi connectivity index (χ1) is 44.6. The molecular weight excluding hydrogens is 1410 g/mol. The van der Waals surface area contributed by atoms with Crippen molar-refractivity contribution in [3.05, 3.63) is 12.8 Å². The number of hydrogen-bond acceptors (Lipinski definition) is 23. The fraction of sp³-hybridized carbons (Fsp3) is 0.937. The Kier molecular flexibility index (Phi) is 41.0. The first kappa shape index (κ1) is 89.8. The summed E-state index contributed by atoms with van der Waals surface area (Å²) in [7, 11) is -17.7. The zero-order chi connectivity index (χ0) is 71.8. The molecule has 0 bridgehead atoms. The Balaban J connectivity index is 0.000000336. The minimum atomic E-state index is -2.24. The van der Waals surface area contributed by atoms with E-state index in [-0.39, 0.29) is 38.0 Å². The quantitative estimate of drug-likeness (QED) is 0.0181. The molecule has 0 aliphatic carbocycles. The highest BCUT2D eigenvalue weighted by Gasteiger charge is 2.45. The van der Waals surface area contributed by atoms with Gasteiger partial charge in [-0.15, -0.1) is 0 Å². The molecule has 6 fully saturated rings. The maximum atomic E-state index is 10.9. The fourth-order valence-electron chi connectivity index (χ4n) is 11.9. The van der Waals surface area contributed by atoms with Crippen LogP contribution in [0.3, 0.4) is 0 Å². The second-order valence-corrected chi connectivity index (χ2v) is 75.1. The molecule has 566 valence electrons. The predicted molar refractivity (Wildman–Crippen MR) is 401 cm³/mol. The zero-order valence-electron chi connectivity index (χ0n) is 63.8. The van der Waals surface area contributed by atoms with Crippen LogP contribution in [0.1, 0.15) is 51.4 Å². The molecule has 0 amide bonds. The van der Waals surface area contributed by atoms with Crippen LogP contribution in [0.2, 0.25) is 180 Å². The van der Waals surface area contributed by atoms with Crippen molar-refractivity contribution in [3.63, 3.8) is 0 Å². The third kappa shape index (κ3) is 47.8. The lowest BCUT2D eigenvalue weighted by atomic mass is 10.4. The number of carbonyl (C=O) groups is 2. The Morgan fingerprint density at radius 2 is 0.688 bits per heavy atom. The van der Waals surface area contributed by atoms with E-state index in [0.717, 1.165) is 148 Å². The van der Waals surface area contributed by atoms with Gasteiger partial charge in [-0.2, -0.15) is 0 Å². The molecule has 0 aromatic heterocycles. The highest BCUT2D eigenvalue weighted by atomic mass is 28.5. The maximum Gasteiger partial charge on any atom is 0.508 e. The molecule has 0 radical (unpaired) electrons. The Hall–Kier alpha value is -0.391. The number of unbranched alkanes of at least 4 members (excludes halogenated alkanes) is 1. The highest BCUT2D eigenvalue weighted by Crippen LogP contribution is 2.31. The molecule has 0 aromatic carbocycles. The van der Waals surface area contributed by atoms with Crippen LogP contribution in [-0.2, 0) is 95.7 Å². The van der Waals surface area contributed by atoms with E-state index in [1.54, 1.807) is 0 Å². The van der Waals surface area contributed by atoms with E-state index in [4.69, 9.17) is 95.7 Å². The predicted octanol–water partition coefficient (Wildman–Crippen LogP) is 14.7. The van der Waals surface area contributed by atoms with Gasteiger partial charge in [-0.1, -0.05) is 6.58 Å². The van der Waals surface area contributed by atoms with Crippen molar-refractivity contribution in [1.29, 1.82) is 0 Å². The number of carbonyl (C=O) groups excluding carboxylic acids is 2. The summed E-state index contributed by atoms with van der Waals surface area (Å²) in [5.74, 6) is 0. The number of rotatable bonds is 48. The van der Waals surface area contributed by atoms with Gasteiger partial charge in [-0.05, 0) is 231 Å². The van der Waals surface area contributed by atoms with Crippen LogP contribution in [0, 0.1) is 0 Å². The molecule has 0 saturated carbocycles. The third-order valence-corrected chi connectivity index (χ3v) is 51.4. The topological polar surface area (TPSA) is 235 Å². The van der Waals surface area contributed by atoms with Gasteiger partial charge >= 0.3 is 29.4 Å². The first-order valence-electron chi connectivity index (χ1n) is 35.7. The molecule has 5 atom stereocenters. The lowest BCUT2D eigenvalue weighted by molar-refractivity contribution is -0.0438. The molecule has 6 aliphatic rings. The minimum Gasteiger partial charge on any atom is -0.502 e. The summed E-state index contributed by atoms with van der Waals surface area (Å²) in [5, 5.41) is 0. The first-order valence-corrected chi connectivity index (χ1v) is 66.5. The summed E-state index contributed by atoms with van der Waals surface area (Å²) >= 11 is 0. The second-order valence-electron chi connectivity index (χ2n) is 32.1. The van der Waals surface area contributed by atoms with Crippen LogP contribution in [0.5, 0.6) is 0 Å². The second kappa shape index (κ2) is 43.8. The van der Waals surface area contributed by atoms with Crippen molar-refractivity contribution in [2.75, 3.05) is 112 Å². The lowest BCUT2D eigenvalue weighted by Gasteiger charge is -2.41. The van der Waals surface area contributed by atoms with Gasteiger partial charge in [0.2, 0.25) is 0 Å². The van der Waals surface area contributed by atoms with Gasteiger partial charge in [-0.3, -0.25) is 0 Å². The van der Waals surface area contributed by atoms with Crippen LogP contribution in [0.4, 0.5) is 9.59 Å². The van der Waals surface area contributed by atoms with Crippen LogP contribution in [-0.4, -0.2) is 245 Å². The Morgan fingerprint density at radius 1 is 0.365 bits per heavy atom. The van der Waals surface area contributed by atoms with Gasteiger partial charge < -0.3 is 95.7 Å². The summed E-state index contributed by atoms with van der Waals surface area (Å²) in [5.41, 5.74) is 0. The molecule has 96 heavy (non-hydrogen) atoms. The van der Waals surface area contributed by atoms with E-state index in [0.29, 0.717) is 45.2 Å². The van der Waals surface area contributed by atoms with E-state index in [2.05, 4.69) is 144 Å². The number of ether oxygens (including phenoxy) is 15. The van der Waals surface area contributed by atoms with Crippen LogP contribution in [0.15, 0.2) is 12.8 Å². The van der Waals surface area contributed by atoms with Gasteiger partial charge in [0.05, 0.1) is 78.9 Å². The average Bonchev–Trinajstić information content (AvgIpc) is 1.20. The Morgan fingerprint density at radius 3 is 0.979 bits per heavy atom. The van der Waals surface area contributed by atoms with E-state index >= 15 is 0 Å². The standard InChI is InChI=1S/C18H34O9Si2.C16H34O5Si2.C15H38O4Si4.C14H30O5Si2/c1-28(2,9-5-7-21-11-15-13-23-17(19)25-15)27-29(3,4)10-6-8-22-12-16-14-24-18(20)26-16;1-22(2,9-5-7-17-11-15-13-19-15)21-23(3,4)10-6-8-18-12-16-14-20-16;1-11-16-14-12-13-15-23(10,18-21(5,6)7)19-22(8,9)17-20(2,3)4;1-20(2,11-5-13-15-7-8-16-13)19-21(3,4)12-6-14-17-9-10-18-14/h15-16H,5-14H2,1-4H3;15-16H,5-14H2,1-4H3;11H,1,12-15H2,2-10H3;13-14H,5-12H2,1-4H3. The number of epoxide rings is 2. The minimum absolute atomic E-state index is 0.00885. The Labute approximate surface area is 591 Å². The molecular formula is C63H136O23Si10. The monoisotopic (exact) mass is 1540 g/mol. The van der Waals surface area contributed by atoms with Gasteiger partial charge in [0, 0.05) is 26.4 Å². The van der Waals surface area contributed by atoms with Gasteiger partial charge in [0.15, 0.2) is 91.3 Å². The molecule has 5 unspecified atom stereocenters. The van der Waals surface area contributed by atoms with Crippen molar-refractivity contribution >= 4 is 96.0 Å². The van der Waals surface area contributed by atoms with Gasteiger partial charge in [0.25, 0.3) is 0 Å². The summed E-state index contributed by atoms with van der Waals surface area (Å²) in [6.45, 7) is 62.1. The number of cyclic esters (lactones) is 4. The SMILES string of the molecule is C=COCCCC[Si](C)(O[Si](C)(C)C)O[Si](C)(C)O[Si](C)(C)C.C[Si](C)(CCC1OCCO1)O[Si](C)(C)CCC1OCCO1.C[Si](C)(CCCOCC1CO1)O[Si](C)(C)CCCOCC1CO1.C[Si](C)(CCCOCC1COC(=O)O1)O[Si](C)(C)CCCOCC1COC(=O)O1. The molecule has 6 heterocycles. The normalized spacial score (nSPS) is 21.2. The molecule has 6 rings (SSSR count). The summed E-state index contributed by atoms with van der Waals surface area (Å²) in [6.07, 6.45) is 8.45. The van der Waals surface area contributed by atoms with Crippen LogP contribution in [0.25, 0.3) is 0 Å². The van der Waals surface area contributed by atoms with E-state index in [1.165, 1.54) is 18.4 Å².